The lowest BCUT2D eigenvalue weighted by molar-refractivity contribution is -0.384. The summed E-state index contributed by atoms with van der Waals surface area (Å²) in [6.07, 6.45) is 1.40. The van der Waals surface area contributed by atoms with Crippen molar-refractivity contribution in [2.45, 2.75) is 4.90 Å². The van der Waals surface area contributed by atoms with E-state index in [-0.39, 0.29) is 5.69 Å². The lowest BCUT2D eigenvalue weighted by atomic mass is 10.4. The Kier molecular flexibility index (Phi) is 4.40. The van der Waals surface area contributed by atoms with Crippen LogP contribution in [0.5, 0.6) is 0 Å². The largest absolute Gasteiger partial charge is 0.362 e. The van der Waals surface area contributed by atoms with Crippen LogP contribution < -0.4 is 5.32 Å². The van der Waals surface area contributed by atoms with E-state index in [2.05, 4.69) is 10.4 Å². The van der Waals surface area contributed by atoms with Crippen molar-refractivity contribution in [3.63, 3.8) is 0 Å². The third-order valence-corrected chi connectivity index (χ3v) is 3.43. The Morgan fingerprint density at radius 2 is 2.16 bits per heavy atom. The SMILES string of the molecule is Cn1cc([N+](=O)[O-])c(NCCSc2ccccc2)n1. The van der Waals surface area contributed by atoms with E-state index in [9.17, 15) is 10.1 Å². The number of thioether (sulfide) groups is 1. The molecule has 7 heteroatoms. The standard InChI is InChI=1S/C12H14N4O2S/c1-15-9-11(16(17)18)12(14-15)13-7-8-19-10-5-3-2-4-6-10/h2-6,9H,7-8H2,1H3,(H,13,14). The van der Waals surface area contributed by atoms with Crippen LogP contribution in [0.1, 0.15) is 0 Å². The van der Waals surface area contributed by atoms with Gasteiger partial charge in [0.15, 0.2) is 0 Å². The molecule has 0 amide bonds. The van der Waals surface area contributed by atoms with Gasteiger partial charge in [-0.25, -0.2) is 0 Å². The highest BCUT2D eigenvalue weighted by Crippen LogP contribution is 2.22. The zero-order valence-electron chi connectivity index (χ0n) is 10.4. The molecule has 2 rings (SSSR count). The van der Waals surface area contributed by atoms with Crippen molar-refractivity contribution in [3.05, 3.63) is 46.6 Å². The van der Waals surface area contributed by atoms with Crippen LogP contribution in [-0.4, -0.2) is 27.0 Å². The van der Waals surface area contributed by atoms with Crippen molar-refractivity contribution in [1.82, 2.24) is 9.78 Å². The zero-order valence-corrected chi connectivity index (χ0v) is 11.3. The molecule has 100 valence electrons. The minimum absolute atomic E-state index is 0.00668. The first-order chi connectivity index (χ1) is 9.16. The molecule has 0 unspecified atom stereocenters. The number of hydrogen-bond donors (Lipinski definition) is 1. The lowest BCUT2D eigenvalue weighted by Gasteiger charge is -2.03. The van der Waals surface area contributed by atoms with Gasteiger partial charge in [0.05, 0.1) is 4.92 Å². The van der Waals surface area contributed by atoms with Crippen molar-refractivity contribution in [2.24, 2.45) is 7.05 Å². The third kappa shape index (κ3) is 3.72. The van der Waals surface area contributed by atoms with Gasteiger partial charge in [-0.05, 0) is 12.1 Å². The van der Waals surface area contributed by atoms with Crippen molar-refractivity contribution < 1.29 is 4.92 Å². The summed E-state index contributed by atoms with van der Waals surface area (Å²) >= 11 is 1.69. The number of nitrogens with zero attached hydrogens (tertiary/aromatic N) is 3. The summed E-state index contributed by atoms with van der Waals surface area (Å²) in [6.45, 7) is 0.622. The maximum Gasteiger partial charge on any atom is 0.330 e. The monoisotopic (exact) mass is 278 g/mol. The number of nitro groups is 1. The van der Waals surface area contributed by atoms with E-state index >= 15 is 0 Å². The van der Waals surface area contributed by atoms with Crippen molar-refractivity contribution in [1.29, 1.82) is 0 Å². The fourth-order valence-electron chi connectivity index (χ4n) is 1.59. The van der Waals surface area contributed by atoms with E-state index in [0.29, 0.717) is 12.4 Å². The Balaban J connectivity index is 1.84. The van der Waals surface area contributed by atoms with E-state index in [1.54, 1.807) is 18.8 Å². The topological polar surface area (TPSA) is 73.0 Å². The van der Waals surface area contributed by atoms with Gasteiger partial charge in [-0.2, -0.15) is 0 Å². The van der Waals surface area contributed by atoms with Gasteiger partial charge in [0.1, 0.15) is 6.20 Å². The molecular formula is C12H14N4O2S. The van der Waals surface area contributed by atoms with E-state index in [4.69, 9.17) is 0 Å². The van der Waals surface area contributed by atoms with Gasteiger partial charge in [0.25, 0.3) is 0 Å². The lowest BCUT2D eigenvalue weighted by Crippen LogP contribution is -2.06. The summed E-state index contributed by atoms with van der Waals surface area (Å²) in [7, 11) is 1.66. The molecule has 0 saturated heterocycles. The molecule has 0 atom stereocenters. The first-order valence-electron chi connectivity index (χ1n) is 5.76. The molecule has 1 N–H and O–H groups in total. The molecule has 1 aromatic carbocycles. The van der Waals surface area contributed by atoms with Crippen molar-refractivity contribution in [3.8, 4) is 0 Å². The number of rotatable bonds is 6. The highest BCUT2D eigenvalue weighted by molar-refractivity contribution is 7.99. The molecule has 2 aromatic rings. The van der Waals surface area contributed by atoms with Crippen LogP contribution in [0.25, 0.3) is 0 Å². The van der Waals surface area contributed by atoms with Gasteiger partial charge in [-0.1, -0.05) is 18.2 Å². The Bertz CT molecular complexity index is 556. The van der Waals surface area contributed by atoms with Gasteiger partial charge in [-0.3, -0.25) is 14.8 Å². The molecule has 0 spiro atoms. The average molecular weight is 278 g/mol. The van der Waals surface area contributed by atoms with Crippen LogP contribution in [0.15, 0.2) is 41.4 Å². The normalized spacial score (nSPS) is 10.4. The number of hydrogen-bond acceptors (Lipinski definition) is 5. The predicted octanol–water partition coefficient (Wildman–Crippen LogP) is 2.53. The van der Waals surface area contributed by atoms with Gasteiger partial charge in [0, 0.05) is 24.2 Å². The summed E-state index contributed by atoms with van der Waals surface area (Å²) in [5.41, 5.74) is 0.00668. The summed E-state index contributed by atoms with van der Waals surface area (Å²) in [4.78, 5) is 11.5. The summed E-state index contributed by atoms with van der Waals surface area (Å²) in [5.74, 6) is 1.14. The van der Waals surface area contributed by atoms with Crippen molar-refractivity contribution in [2.75, 3.05) is 17.6 Å². The minimum atomic E-state index is -0.431. The Labute approximate surface area is 115 Å². The predicted molar refractivity (Wildman–Crippen MR) is 75.5 cm³/mol. The van der Waals surface area contributed by atoms with Crippen LogP contribution in [0.2, 0.25) is 0 Å². The van der Waals surface area contributed by atoms with Gasteiger partial charge < -0.3 is 5.32 Å². The Morgan fingerprint density at radius 1 is 1.42 bits per heavy atom. The Hall–Kier alpha value is -2.02. The smallest absolute Gasteiger partial charge is 0.330 e. The van der Waals surface area contributed by atoms with Crippen LogP contribution >= 0.6 is 11.8 Å². The fraction of sp³-hybridized carbons (Fsp3) is 0.250. The number of aromatic nitrogens is 2. The average Bonchev–Trinajstić information content (AvgIpc) is 2.77. The maximum atomic E-state index is 10.8. The number of benzene rings is 1. The second-order valence-corrected chi connectivity index (χ2v) is 5.05. The molecule has 6 nitrogen and oxygen atoms in total. The van der Waals surface area contributed by atoms with Crippen LogP contribution in [0.4, 0.5) is 11.5 Å². The second kappa shape index (κ2) is 6.24. The fourth-order valence-corrected chi connectivity index (χ4v) is 2.38. The third-order valence-electron chi connectivity index (χ3n) is 2.41. The first kappa shape index (κ1) is 13.4. The molecule has 0 aliphatic heterocycles. The van der Waals surface area contributed by atoms with E-state index < -0.39 is 4.92 Å². The van der Waals surface area contributed by atoms with E-state index in [0.717, 1.165) is 5.75 Å². The minimum Gasteiger partial charge on any atom is -0.362 e. The summed E-state index contributed by atoms with van der Waals surface area (Å²) < 4.78 is 1.44. The second-order valence-electron chi connectivity index (χ2n) is 3.88. The Morgan fingerprint density at radius 3 is 2.84 bits per heavy atom. The molecule has 0 aliphatic carbocycles. The molecule has 1 aromatic heterocycles. The van der Waals surface area contributed by atoms with Gasteiger partial charge in [0.2, 0.25) is 5.82 Å². The van der Waals surface area contributed by atoms with Crippen LogP contribution in [0, 0.1) is 10.1 Å². The molecule has 0 saturated carbocycles. The van der Waals surface area contributed by atoms with Gasteiger partial charge >= 0.3 is 5.69 Å². The molecule has 0 radical (unpaired) electrons. The summed E-state index contributed by atoms with van der Waals surface area (Å²) in [6, 6.07) is 10.0. The van der Waals surface area contributed by atoms with Crippen LogP contribution in [0.3, 0.4) is 0 Å². The molecule has 0 aliphatic rings. The maximum absolute atomic E-state index is 10.8. The first-order valence-corrected chi connectivity index (χ1v) is 6.75. The molecular weight excluding hydrogens is 264 g/mol. The molecule has 0 bridgehead atoms. The highest BCUT2D eigenvalue weighted by Gasteiger charge is 2.17. The number of anilines is 1. The quantitative estimate of drug-likeness (QED) is 0.380. The van der Waals surface area contributed by atoms with Crippen LogP contribution in [-0.2, 0) is 7.05 Å². The van der Waals surface area contributed by atoms with E-state index in [1.807, 2.05) is 30.3 Å². The molecule has 0 fully saturated rings. The zero-order chi connectivity index (χ0) is 13.7. The number of nitrogens with one attached hydrogen (secondary N) is 1. The summed E-state index contributed by atoms with van der Waals surface area (Å²) in [5, 5.41) is 17.8. The molecule has 1 heterocycles. The number of aryl methyl sites for hydroxylation is 1. The van der Waals surface area contributed by atoms with Gasteiger partial charge in [-0.15, -0.1) is 16.9 Å². The molecule has 19 heavy (non-hydrogen) atoms. The van der Waals surface area contributed by atoms with E-state index in [1.165, 1.54) is 15.8 Å². The van der Waals surface area contributed by atoms with Crippen molar-refractivity contribution >= 4 is 23.3 Å². The highest BCUT2D eigenvalue weighted by atomic mass is 32.2.